The van der Waals surface area contributed by atoms with Gasteiger partial charge in [-0.15, -0.1) is 11.3 Å². The van der Waals surface area contributed by atoms with Crippen molar-refractivity contribution in [1.29, 1.82) is 0 Å². The highest BCUT2D eigenvalue weighted by Gasteiger charge is 2.22. The van der Waals surface area contributed by atoms with Gasteiger partial charge in [0.1, 0.15) is 16.5 Å². The van der Waals surface area contributed by atoms with Crippen molar-refractivity contribution in [2.75, 3.05) is 11.9 Å². The number of anilines is 1. The molecule has 1 atom stereocenters. The highest BCUT2D eigenvalue weighted by molar-refractivity contribution is 7.19. The summed E-state index contributed by atoms with van der Waals surface area (Å²) in [6.07, 6.45) is 8.91. The van der Waals surface area contributed by atoms with Crippen LogP contribution in [0.15, 0.2) is 48.8 Å². The number of halogens is 1. The average molecular weight is 433 g/mol. The largest absolute Gasteiger partial charge is 0.369 e. The van der Waals surface area contributed by atoms with Gasteiger partial charge in [0.25, 0.3) is 0 Å². The van der Waals surface area contributed by atoms with Gasteiger partial charge in [-0.1, -0.05) is 25.1 Å². The Morgan fingerprint density at radius 3 is 2.71 bits per heavy atom. The Balaban J connectivity index is 1.47. The number of nitrogens with zero attached hydrogens (tertiary/aromatic N) is 3. The first-order chi connectivity index (χ1) is 15.2. The summed E-state index contributed by atoms with van der Waals surface area (Å²) in [7, 11) is 0. The monoisotopic (exact) mass is 432 g/mol. The zero-order valence-electron chi connectivity index (χ0n) is 17.6. The van der Waals surface area contributed by atoms with E-state index >= 15 is 0 Å². The number of fused-ring (bicyclic) bond motifs is 3. The Bertz CT molecular complexity index is 1210. The molecule has 6 heteroatoms. The van der Waals surface area contributed by atoms with Gasteiger partial charge in [-0.05, 0) is 67.3 Å². The summed E-state index contributed by atoms with van der Waals surface area (Å²) in [5, 5.41) is 4.77. The minimum Gasteiger partial charge on any atom is -0.369 e. The number of aryl methyl sites for hydroxylation is 2. The van der Waals surface area contributed by atoms with E-state index in [2.05, 4.69) is 17.2 Å². The molecule has 158 valence electrons. The molecular weight excluding hydrogens is 407 g/mol. The van der Waals surface area contributed by atoms with Crippen LogP contribution in [0.2, 0.25) is 0 Å². The van der Waals surface area contributed by atoms with E-state index in [9.17, 15) is 4.39 Å². The number of pyridine rings is 1. The fourth-order valence-corrected chi connectivity index (χ4v) is 5.56. The SMILES string of the molecule is CC(CNc1nc(-c2ccncc2)nc2sc3c(c12)CCCC3)Cc1ccccc1F. The second-order valence-electron chi connectivity index (χ2n) is 8.30. The third-order valence-corrected chi connectivity index (χ3v) is 7.08. The summed E-state index contributed by atoms with van der Waals surface area (Å²) in [6, 6.07) is 10.9. The van der Waals surface area contributed by atoms with Crippen LogP contribution in [0, 0.1) is 11.7 Å². The van der Waals surface area contributed by atoms with Crippen LogP contribution < -0.4 is 5.32 Å². The molecule has 0 saturated heterocycles. The highest BCUT2D eigenvalue weighted by atomic mass is 32.1. The van der Waals surface area contributed by atoms with Gasteiger partial charge >= 0.3 is 0 Å². The van der Waals surface area contributed by atoms with Crippen LogP contribution in [0.1, 0.15) is 35.8 Å². The molecule has 1 aromatic carbocycles. The molecule has 0 bridgehead atoms. The molecule has 1 unspecified atom stereocenters. The lowest BCUT2D eigenvalue weighted by molar-refractivity contribution is 0.561. The molecule has 0 aliphatic heterocycles. The van der Waals surface area contributed by atoms with Crippen molar-refractivity contribution in [3.63, 3.8) is 0 Å². The summed E-state index contributed by atoms with van der Waals surface area (Å²) in [5.74, 6) is 1.75. The van der Waals surface area contributed by atoms with Gasteiger partial charge in [0, 0.05) is 29.4 Å². The lowest BCUT2D eigenvalue weighted by Gasteiger charge is -2.16. The number of nitrogens with one attached hydrogen (secondary N) is 1. The van der Waals surface area contributed by atoms with Crippen molar-refractivity contribution in [2.45, 2.75) is 39.0 Å². The standard InChI is InChI=1S/C25H25FN4S/c1-16(14-18-6-2-4-8-20(18)26)15-28-24-22-19-7-3-5-9-21(19)31-25(22)30-23(29-24)17-10-12-27-13-11-17/h2,4,6,8,10-13,16H,3,5,7,9,14-15H2,1H3,(H,28,29,30). The molecular formula is C25H25FN4S. The van der Waals surface area contributed by atoms with Crippen LogP contribution in [-0.2, 0) is 19.3 Å². The van der Waals surface area contributed by atoms with Crippen molar-refractivity contribution in [2.24, 2.45) is 5.92 Å². The Hall–Kier alpha value is -2.86. The number of benzene rings is 1. The summed E-state index contributed by atoms with van der Waals surface area (Å²) < 4.78 is 14.1. The molecule has 31 heavy (non-hydrogen) atoms. The van der Waals surface area contributed by atoms with E-state index in [0.29, 0.717) is 6.42 Å². The summed E-state index contributed by atoms with van der Waals surface area (Å²) in [4.78, 5) is 16.5. The molecule has 4 aromatic rings. The molecule has 0 amide bonds. The number of thiophene rings is 1. The van der Waals surface area contributed by atoms with E-state index in [0.717, 1.165) is 47.0 Å². The van der Waals surface area contributed by atoms with Gasteiger partial charge in [0.05, 0.1) is 5.39 Å². The lowest BCUT2D eigenvalue weighted by atomic mass is 9.96. The second kappa shape index (κ2) is 8.71. The van der Waals surface area contributed by atoms with Gasteiger partial charge in [-0.25, -0.2) is 14.4 Å². The summed E-state index contributed by atoms with van der Waals surface area (Å²) in [5.41, 5.74) is 3.14. The van der Waals surface area contributed by atoms with Gasteiger partial charge in [-0.2, -0.15) is 0 Å². The number of rotatable bonds is 6. The molecule has 0 radical (unpaired) electrons. The second-order valence-corrected chi connectivity index (χ2v) is 9.39. The number of hydrogen-bond donors (Lipinski definition) is 1. The summed E-state index contributed by atoms with van der Waals surface area (Å²) in [6.45, 7) is 2.87. The van der Waals surface area contributed by atoms with E-state index in [1.165, 1.54) is 34.7 Å². The number of hydrogen-bond acceptors (Lipinski definition) is 5. The van der Waals surface area contributed by atoms with Crippen LogP contribution in [-0.4, -0.2) is 21.5 Å². The Kier molecular flexibility index (Phi) is 5.64. The van der Waals surface area contributed by atoms with Crippen molar-refractivity contribution in [3.05, 3.63) is 70.6 Å². The third-order valence-electron chi connectivity index (χ3n) is 5.90. The predicted molar refractivity (Wildman–Crippen MR) is 125 cm³/mol. The van der Waals surface area contributed by atoms with Crippen LogP contribution >= 0.6 is 11.3 Å². The van der Waals surface area contributed by atoms with Crippen molar-refractivity contribution in [1.82, 2.24) is 15.0 Å². The minimum atomic E-state index is -0.134. The average Bonchev–Trinajstić information content (AvgIpc) is 3.18. The number of aromatic nitrogens is 3. The molecule has 1 aliphatic carbocycles. The fraction of sp³-hybridized carbons (Fsp3) is 0.320. The maximum absolute atomic E-state index is 14.1. The predicted octanol–water partition coefficient (Wildman–Crippen LogP) is 6.06. The molecule has 3 aromatic heterocycles. The first-order valence-electron chi connectivity index (χ1n) is 10.9. The van der Waals surface area contributed by atoms with Gasteiger partial charge in [0.15, 0.2) is 5.82 Å². The quantitative estimate of drug-likeness (QED) is 0.402. The molecule has 0 spiro atoms. The first kappa shape index (κ1) is 20.1. The van der Waals surface area contributed by atoms with E-state index in [4.69, 9.17) is 9.97 Å². The smallest absolute Gasteiger partial charge is 0.163 e. The van der Waals surface area contributed by atoms with Crippen molar-refractivity contribution in [3.8, 4) is 11.4 Å². The Labute approximate surface area is 185 Å². The molecule has 0 fully saturated rings. The van der Waals surface area contributed by atoms with E-state index in [1.54, 1.807) is 29.8 Å². The Morgan fingerprint density at radius 1 is 1.06 bits per heavy atom. The van der Waals surface area contributed by atoms with E-state index in [1.807, 2.05) is 24.3 Å². The van der Waals surface area contributed by atoms with Crippen molar-refractivity contribution < 1.29 is 4.39 Å². The van der Waals surface area contributed by atoms with Gasteiger partial charge in [0.2, 0.25) is 0 Å². The zero-order valence-corrected chi connectivity index (χ0v) is 18.4. The van der Waals surface area contributed by atoms with E-state index in [-0.39, 0.29) is 11.7 Å². The molecule has 0 saturated carbocycles. The van der Waals surface area contributed by atoms with E-state index < -0.39 is 0 Å². The fourth-order valence-electron chi connectivity index (χ4n) is 4.30. The molecule has 3 heterocycles. The lowest BCUT2D eigenvalue weighted by Crippen LogP contribution is -2.16. The normalized spacial score (nSPS) is 14.4. The zero-order chi connectivity index (χ0) is 21.2. The third kappa shape index (κ3) is 4.17. The van der Waals surface area contributed by atoms with Crippen LogP contribution in [0.4, 0.5) is 10.2 Å². The Morgan fingerprint density at radius 2 is 1.87 bits per heavy atom. The van der Waals surface area contributed by atoms with Crippen LogP contribution in [0.5, 0.6) is 0 Å². The summed E-state index contributed by atoms with van der Waals surface area (Å²) >= 11 is 1.81. The highest BCUT2D eigenvalue weighted by Crippen LogP contribution is 2.39. The minimum absolute atomic E-state index is 0.134. The van der Waals surface area contributed by atoms with Gasteiger partial charge in [-0.3, -0.25) is 4.98 Å². The van der Waals surface area contributed by atoms with Crippen molar-refractivity contribution >= 4 is 27.4 Å². The first-order valence-corrected chi connectivity index (χ1v) is 11.7. The molecule has 1 aliphatic rings. The molecule has 4 nitrogen and oxygen atoms in total. The molecule has 1 N–H and O–H groups in total. The molecule has 5 rings (SSSR count). The topological polar surface area (TPSA) is 50.7 Å². The maximum atomic E-state index is 14.1. The van der Waals surface area contributed by atoms with Crippen LogP contribution in [0.3, 0.4) is 0 Å². The van der Waals surface area contributed by atoms with Crippen LogP contribution in [0.25, 0.3) is 21.6 Å². The van der Waals surface area contributed by atoms with Gasteiger partial charge < -0.3 is 5.32 Å². The maximum Gasteiger partial charge on any atom is 0.163 e.